The van der Waals surface area contributed by atoms with Gasteiger partial charge >= 0.3 is 0 Å². The minimum Gasteiger partial charge on any atom is -0.455 e. The van der Waals surface area contributed by atoms with E-state index in [9.17, 15) is 0 Å². The minimum absolute atomic E-state index is 0.907. The molecule has 0 saturated carbocycles. The molecule has 0 unspecified atom stereocenters. The molecule has 0 spiro atoms. The van der Waals surface area contributed by atoms with Crippen molar-refractivity contribution in [2.45, 2.75) is 0 Å². The Labute approximate surface area is 376 Å². The molecular formula is C62H40N2O. The maximum absolute atomic E-state index is 6.76. The molecule has 3 heteroatoms. The third-order valence-electron chi connectivity index (χ3n) is 13.2. The molecule has 65 heavy (non-hydrogen) atoms. The van der Waals surface area contributed by atoms with Gasteiger partial charge in [-0.15, -0.1) is 0 Å². The molecule has 0 amide bonds. The second-order valence-electron chi connectivity index (χ2n) is 16.9. The zero-order valence-electron chi connectivity index (χ0n) is 35.4. The molecule has 0 fully saturated rings. The highest BCUT2D eigenvalue weighted by molar-refractivity contribution is 6.17. The van der Waals surface area contributed by atoms with Crippen LogP contribution in [-0.4, -0.2) is 4.57 Å². The molecule has 13 aromatic rings. The number of fused-ring (bicyclic) bond motifs is 9. The number of hydrogen-bond acceptors (Lipinski definition) is 2. The molecule has 0 aliphatic rings. The molecule has 11 aromatic carbocycles. The predicted molar refractivity (Wildman–Crippen MR) is 274 cm³/mol. The quantitative estimate of drug-likeness (QED) is 0.160. The Morgan fingerprint density at radius 1 is 0.292 bits per heavy atom. The van der Waals surface area contributed by atoms with E-state index in [1.54, 1.807) is 0 Å². The first kappa shape index (κ1) is 36.9. The van der Waals surface area contributed by atoms with Crippen LogP contribution < -0.4 is 4.90 Å². The summed E-state index contributed by atoms with van der Waals surface area (Å²) in [5, 5.41) is 9.56. The van der Waals surface area contributed by atoms with Crippen LogP contribution in [0.2, 0.25) is 0 Å². The first-order valence-corrected chi connectivity index (χ1v) is 22.2. The van der Waals surface area contributed by atoms with Crippen LogP contribution in [0.1, 0.15) is 0 Å². The Kier molecular flexibility index (Phi) is 8.53. The Hall–Kier alpha value is -8.66. The zero-order valence-corrected chi connectivity index (χ0v) is 35.4. The number of anilines is 3. The lowest BCUT2D eigenvalue weighted by Crippen LogP contribution is -2.10. The number of furan rings is 1. The highest BCUT2D eigenvalue weighted by atomic mass is 16.3. The first-order chi connectivity index (χ1) is 32.2. The fourth-order valence-corrected chi connectivity index (χ4v) is 10.1. The maximum Gasteiger partial charge on any atom is 0.143 e. The van der Waals surface area contributed by atoms with E-state index in [1.807, 2.05) is 0 Å². The van der Waals surface area contributed by atoms with Crippen molar-refractivity contribution in [3.05, 3.63) is 243 Å². The van der Waals surface area contributed by atoms with Crippen LogP contribution in [0.4, 0.5) is 17.1 Å². The monoisotopic (exact) mass is 828 g/mol. The third kappa shape index (κ3) is 6.12. The summed E-state index contributed by atoms with van der Waals surface area (Å²) in [4.78, 5) is 2.37. The minimum atomic E-state index is 0.907. The average molecular weight is 829 g/mol. The summed E-state index contributed by atoms with van der Waals surface area (Å²) in [5.41, 5.74) is 15.5. The van der Waals surface area contributed by atoms with Crippen LogP contribution in [0.25, 0.3) is 104 Å². The van der Waals surface area contributed by atoms with Gasteiger partial charge in [-0.2, -0.15) is 0 Å². The van der Waals surface area contributed by atoms with Gasteiger partial charge in [0.05, 0.1) is 11.0 Å². The Morgan fingerprint density at radius 2 is 0.831 bits per heavy atom. The molecule has 0 saturated heterocycles. The lowest BCUT2D eigenvalue weighted by molar-refractivity contribution is 0.674. The van der Waals surface area contributed by atoms with E-state index in [4.69, 9.17) is 4.42 Å². The summed E-state index contributed by atoms with van der Waals surface area (Å²) in [5.74, 6) is 0. The highest BCUT2D eigenvalue weighted by Gasteiger charge is 2.18. The summed E-state index contributed by atoms with van der Waals surface area (Å²) in [6, 6.07) is 87.6. The van der Waals surface area contributed by atoms with Crippen molar-refractivity contribution in [2.75, 3.05) is 4.90 Å². The van der Waals surface area contributed by atoms with E-state index < -0.39 is 0 Å². The van der Waals surface area contributed by atoms with Crippen molar-refractivity contribution in [2.24, 2.45) is 0 Å². The van der Waals surface area contributed by atoms with Crippen LogP contribution in [-0.2, 0) is 0 Å². The summed E-state index contributed by atoms with van der Waals surface area (Å²) >= 11 is 0. The molecular weight excluding hydrogens is 789 g/mol. The molecule has 0 bridgehead atoms. The topological polar surface area (TPSA) is 21.3 Å². The van der Waals surface area contributed by atoms with Crippen molar-refractivity contribution >= 4 is 82.4 Å². The first-order valence-electron chi connectivity index (χ1n) is 22.2. The molecule has 2 aromatic heterocycles. The normalized spacial score (nSPS) is 11.7. The van der Waals surface area contributed by atoms with Gasteiger partial charge in [-0.3, -0.25) is 0 Å². The van der Waals surface area contributed by atoms with E-state index in [0.29, 0.717) is 0 Å². The van der Waals surface area contributed by atoms with E-state index in [0.717, 1.165) is 72.3 Å². The van der Waals surface area contributed by atoms with Gasteiger partial charge in [-0.25, -0.2) is 0 Å². The standard InChI is InChI=1S/C62H40N2O/c1-3-20-51-42(13-1)15-11-24-52(51)46-17-10-18-49(40-46)63(48-36-31-44(32-37-48)54-25-12-26-57-58-38-33-43-14-2-4-21-53(43)62(58)65-61(54)57)47-34-29-41(30-35-47)45-16-9-19-50(39-45)64-59-27-7-5-22-55(59)56-23-6-8-28-60(56)64/h1-40H. The van der Waals surface area contributed by atoms with E-state index in [1.165, 1.54) is 49.1 Å². The van der Waals surface area contributed by atoms with Gasteiger partial charge in [0.1, 0.15) is 11.2 Å². The molecule has 0 aliphatic carbocycles. The van der Waals surface area contributed by atoms with Gasteiger partial charge in [-0.1, -0.05) is 176 Å². The fourth-order valence-electron chi connectivity index (χ4n) is 10.1. The summed E-state index contributed by atoms with van der Waals surface area (Å²) < 4.78 is 9.14. The number of nitrogens with zero attached hydrogens (tertiary/aromatic N) is 2. The number of para-hydroxylation sites is 3. The highest BCUT2D eigenvalue weighted by Crippen LogP contribution is 2.42. The second-order valence-corrected chi connectivity index (χ2v) is 16.9. The molecule has 0 N–H and O–H groups in total. The smallest absolute Gasteiger partial charge is 0.143 e. The molecule has 0 aliphatic heterocycles. The van der Waals surface area contributed by atoms with E-state index >= 15 is 0 Å². The number of aromatic nitrogens is 1. The number of benzene rings is 11. The predicted octanol–water partition coefficient (Wildman–Crippen LogP) is 17.5. The Morgan fingerprint density at radius 3 is 1.58 bits per heavy atom. The van der Waals surface area contributed by atoms with Gasteiger partial charge in [0.2, 0.25) is 0 Å². The molecule has 0 radical (unpaired) electrons. The van der Waals surface area contributed by atoms with Crippen LogP contribution in [0.5, 0.6) is 0 Å². The summed E-state index contributed by atoms with van der Waals surface area (Å²) in [6.45, 7) is 0. The lowest BCUT2D eigenvalue weighted by Gasteiger charge is -2.26. The Bertz CT molecular complexity index is 3890. The second kappa shape index (κ2) is 15.0. The van der Waals surface area contributed by atoms with Gasteiger partial charge in [0, 0.05) is 55.2 Å². The van der Waals surface area contributed by atoms with Crippen LogP contribution >= 0.6 is 0 Å². The van der Waals surface area contributed by atoms with Crippen molar-refractivity contribution in [3.63, 3.8) is 0 Å². The SMILES string of the molecule is c1cc(-c2cccc3ccccc23)cc(N(c2ccc(-c3cccc(-n4c5ccccc5c5ccccc54)c3)cc2)c2ccc(-c3cccc4c3oc3c5ccccc5ccc43)cc2)c1. The van der Waals surface area contributed by atoms with Gasteiger partial charge in [-0.05, 0) is 111 Å². The lowest BCUT2D eigenvalue weighted by atomic mass is 9.97. The molecule has 2 heterocycles. The number of rotatable bonds is 7. The van der Waals surface area contributed by atoms with Crippen molar-refractivity contribution in [1.82, 2.24) is 4.57 Å². The van der Waals surface area contributed by atoms with E-state index in [2.05, 4.69) is 252 Å². The zero-order chi connectivity index (χ0) is 42.8. The van der Waals surface area contributed by atoms with Gasteiger partial charge < -0.3 is 13.9 Å². The van der Waals surface area contributed by atoms with Crippen molar-refractivity contribution in [3.8, 4) is 39.1 Å². The van der Waals surface area contributed by atoms with E-state index in [-0.39, 0.29) is 0 Å². The Balaban J connectivity index is 0.912. The van der Waals surface area contributed by atoms with Crippen LogP contribution in [0.15, 0.2) is 247 Å². The summed E-state index contributed by atoms with van der Waals surface area (Å²) in [7, 11) is 0. The van der Waals surface area contributed by atoms with Crippen molar-refractivity contribution < 1.29 is 4.42 Å². The molecule has 3 nitrogen and oxygen atoms in total. The van der Waals surface area contributed by atoms with Crippen LogP contribution in [0, 0.1) is 0 Å². The number of hydrogen-bond donors (Lipinski definition) is 0. The molecule has 13 rings (SSSR count). The third-order valence-corrected chi connectivity index (χ3v) is 13.2. The molecule has 0 atom stereocenters. The van der Waals surface area contributed by atoms with Gasteiger partial charge in [0.25, 0.3) is 0 Å². The fraction of sp³-hybridized carbons (Fsp3) is 0. The van der Waals surface area contributed by atoms with Crippen LogP contribution in [0.3, 0.4) is 0 Å². The van der Waals surface area contributed by atoms with Gasteiger partial charge in [0.15, 0.2) is 0 Å². The van der Waals surface area contributed by atoms with Crippen molar-refractivity contribution in [1.29, 1.82) is 0 Å². The maximum atomic E-state index is 6.76. The summed E-state index contributed by atoms with van der Waals surface area (Å²) in [6.07, 6.45) is 0. The largest absolute Gasteiger partial charge is 0.455 e. The molecule has 304 valence electrons. The average Bonchev–Trinajstić information content (AvgIpc) is 3.94.